The fraction of sp³-hybridized carbons (Fsp3) is 0.714. The van der Waals surface area contributed by atoms with Crippen LogP contribution in [0.2, 0.25) is 0 Å². The van der Waals surface area contributed by atoms with Crippen molar-refractivity contribution in [2.75, 3.05) is 32.2 Å². The van der Waals surface area contributed by atoms with Crippen molar-refractivity contribution >= 4 is 22.4 Å². The summed E-state index contributed by atoms with van der Waals surface area (Å²) in [7, 11) is 1.39. The summed E-state index contributed by atoms with van der Waals surface area (Å²) in [5.74, 6) is -0.315. The summed E-state index contributed by atoms with van der Waals surface area (Å²) in [4.78, 5) is 16.6. The average Bonchev–Trinajstić information content (AvgIpc) is 2.86. The summed E-state index contributed by atoms with van der Waals surface area (Å²) < 4.78 is 10.2. The van der Waals surface area contributed by atoms with Crippen molar-refractivity contribution in [3.63, 3.8) is 0 Å². The lowest BCUT2D eigenvalue weighted by molar-refractivity contribution is 0.0192. The Labute approximate surface area is 123 Å². The summed E-state index contributed by atoms with van der Waals surface area (Å²) in [6, 6.07) is 0. The topological polar surface area (TPSA) is 60.5 Å². The number of aromatic nitrogens is 1. The summed E-state index contributed by atoms with van der Waals surface area (Å²) in [6.07, 6.45) is 3.27. The van der Waals surface area contributed by atoms with Gasteiger partial charge in [0.1, 0.15) is 4.88 Å². The Bertz CT molecular complexity index is 467. The van der Waals surface area contributed by atoms with Gasteiger partial charge < -0.3 is 14.8 Å². The maximum absolute atomic E-state index is 11.6. The molecule has 112 valence electrons. The van der Waals surface area contributed by atoms with Crippen molar-refractivity contribution < 1.29 is 14.3 Å². The summed E-state index contributed by atoms with van der Waals surface area (Å²) >= 11 is 1.36. The summed E-state index contributed by atoms with van der Waals surface area (Å²) in [6.45, 7) is 6.60. The van der Waals surface area contributed by atoms with Crippen molar-refractivity contribution in [2.24, 2.45) is 5.41 Å². The zero-order chi connectivity index (χ0) is 14.6. The molecule has 1 aromatic rings. The first-order chi connectivity index (χ1) is 9.60. The first-order valence-electron chi connectivity index (χ1n) is 6.97. The van der Waals surface area contributed by atoms with Gasteiger partial charge in [0.25, 0.3) is 0 Å². The first kappa shape index (κ1) is 15.3. The van der Waals surface area contributed by atoms with Crippen LogP contribution >= 0.6 is 11.3 Å². The van der Waals surface area contributed by atoms with Gasteiger partial charge in [-0.25, -0.2) is 9.78 Å². The van der Waals surface area contributed by atoms with Crippen molar-refractivity contribution in [3.05, 3.63) is 10.6 Å². The number of hydrogen-bond acceptors (Lipinski definition) is 6. The van der Waals surface area contributed by atoms with Crippen LogP contribution in [-0.4, -0.2) is 37.8 Å². The Balaban J connectivity index is 2.01. The number of hydrogen-bond donors (Lipinski definition) is 1. The molecule has 0 unspecified atom stereocenters. The molecule has 1 aromatic heterocycles. The Kier molecular flexibility index (Phi) is 4.99. The lowest BCUT2D eigenvalue weighted by Crippen LogP contribution is -2.35. The van der Waals surface area contributed by atoms with Crippen molar-refractivity contribution in [2.45, 2.75) is 33.1 Å². The molecule has 1 aliphatic heterocycles. The Morgan fingerprint density at radius 3 is 2.80 bits per heavy atom. The molecular weight excluding hydrogens is 276 g/mol. The van der Waals surface area contributed by atoms with E-state index in [0.717, 1.165) is 49.8 Å². The molecule has 0 aromatic carbocycles. The highest BCUT2D eigenvalue weighted by molar-refractivity contribution is 7.17. The smallest absolute Gasteiger partial charge is 0.350 e. The first-order valence-corrected chi connectivity index (χ1v) is 7.79. The molecule has 0 atom stereocenters. The van der Waals surface area contributed by atoms with Crippen molar-refractivity contribution in [3.8, 4) is 0 Å². The van der Waals surface area contributed by atoms with Crippen LogP contribution in [0.4, 0.5) is 5.13 Å². The van der Waals surface area contributed by atoms with E-state index in [9.17, 15) is 4.79 Å². The molecule has 0 spiro atoms. The number of aryl methyl sites for hydroxylation is 1. The SMILES string of the molecule is CCC1(CNc2nc(C)c(C(=O)OC)s2)CCOCC1. The van der Waals surface area contributed by atoms with Gasteiger partial charge in [0.15, 0.2) is 5.13 Å². The fourth-order valence-electron chi connectivity index (χ4n) is 2.48. The second-order valence-electron chi connectivity index (χ2n) is 5.24. The lowest BCUT2D eigenvalue weighted by atomic mass is 9.78. The molecule has 1 fully saturated rings. The Morgan fingerprint density at radius 2 is 2.20 bits per heavy atom. The molecule has 0 saturated carbocycles. The number of ether oxygens (including phenoxy) is 2. The van der Waals surface area contributed by atoms with E-state index in [1.54, 1.807) is 0 Å². The highest BCUT2D eigenvalue weighted by atomic mass is 32.1. The third-order valence-corrected chi connectivity index (χ3v) is 5.18. The lowest BCUT2D eigenvalue weighted by Gasteiger charge is -2.36. The third kappa shape index (κ3) is 3.30. The number of esters is 1. The van der Waals surface area contributed by atoms with Gasteiger partial charge in [-0.2, -0.15) is 0 Å². The van der Waals surface area contributed by atoms with Crippen LogP contribution in [0.5, 0.6) is 0 Å². The van der Waals surface area contributed by atoms with Crippen LogP contribution in [0.15, 0.2) is 0 Å². The predicted molar refractivity (Wildman–Crippen MR) is 79.5 cm³/mol. The average molecular weight is 298 g/mol. The number of rotatable bonds is 5. The van der Waals surface area contributed by atoms with Gasteiger partial charge in [0.05, 0.1) is 12.8 Å². The van der Waals surface area contributed by atoms with Crippen LogP contribution in [0.25, 0.3) is 0 Å². The van der Waals surface area contributed by atoms with Gasteiger partial charge in [0, 0.05) is 19.8 Å². The molecule has 1 saturated heterocycles. The standard InChI is InChI=1S/C14H22N2O3S/c1-4-14(5-7-19-8-6-14)9-15-13-16-10(2)11(20-13)12(17)18-3/h4-9H2,1-3H3,(H,15,16). The molecule has 1 N–H and O–H groups in total. The molecule has 1 aliphatic rings. The number of thiazole rings is 1. The Morgan fingerprint density at radius 1 is 1.50 bits per heavy atom. The molecule has 0 amide bonds. The number of anilines is 1. The number of methoxy groups -OCH3 is 1. The van der Waals surface area contributed by atoms with Gasteiger partial charge in [-0.15, -0.1) is 0 Å². The van der Waals surface area contributed by atoms with Crippen molar-refractivity contribution in [1.29, 1.82) is 0 Å². The zero-order valence-corrected chi connectivity index (χ0v) is 13.1. The molecule has 0 aliphatic carbocycles. The molecule has 2 heterocycles. The van der Waals surface area contributed by atoms with Gasteiger partial charge in [0.2, 0.25) is 0 Å². The van der Waals surface area contributed by atoms with E-state index in [1.807, 2.05) is 6.92 Å². The summed E-state index contributed by atoms with van der Waals surface area (Å²) in [5.41, 5.74) is 1.00. The maximum atomic E-state index is 11.6. The second kappa shape index (κ2) is 6.54. The molecule has 20 heavy (non-hydrogen) atoms. The van der Waals surface area contributed by atoms with Crippen LogP contribution in [0.3, 0.4) is 0 Å². The molecule has 2 rings (SSSR count). The third-order valence-electron chi connectivity index (χ3n) is 4.09. The second-order valence-corrected chi connectivity index (χ2v) is 6.24. The largest absolute Gasteiger partial charge is 0.465 e. The van der Waals surface area contributed by atoms with Crippen LogP contribution in [0, 0.1) is 12.3 Å². The van der Waals surface area contributed by atoms with E-state index in [2.05, 4.69) is 17.2 Å². The van der Waals surface area contributed by atoms with Gasteiger partial charge >= 0.3 is 5.97 Å². The monoisotopic (exact) mass is 298 g/mol. The van der Waals surface area contributed by atoms with Crippen molar-refractivity contribution in [1.82, 2.24) is 4.98 Å². The van der Waals surface area contributed by atoms with Gasteiger partial charge in [-0.3, -0.25) is 0 Å². The highest BCUT2D eigenvalue weighted by Gasteiger charge is 2.31. The van der Waals surface area contributed by atoms with Gasteiger partial charge in [-0.1, -0.05) is 18.3 Å². The molecular formula is C14H22N2O3S. The zero-order valence-electron chi connectivity index (χ0n) is 12.3. The minimum absolute atomic E-state index is 0.281. The highest BCUT2D eigenvalue weighted by Crippen LogP contribution is 2.35. The summed E-state index contributed by atoms with van der Waals surface area (Å²) in [5, 5.41) is 4.18. The van der Waals surface area contributed by atoms with E-state index >= 15 is 0 Å². The number of carbonyl (C=O) groups excluding carboxylic acids is 1. The number of nitrogens with zero attached hydrogens (tertiary/aromatic N) is 1. The van der Waals surface area contributed by atoms with E-state index < -0.39 is 0 Å². The molecule has 5 nitrogen and oxygen atoms in total. The minimum atomic E-state index is -0.315. The molecule has 6 heteroatoms. The Hall–Kier alpha value is -1.14. The van der Waals surface area contributed by atoms with E-state index in [4.69, 9.17) is 9.47 Å². The maximum Gasteiger partial charge on any atom is 0.350 e. The van der Waals surface area contributed by atoms with Crippen LogP contribution < -0.4 is 5.32 Å². The number of carbonyl (C=O) groups is 1. The van der Waals surface area contributed by atoms with Gasteiger partial charge in [-0.05, 0) is 31.6 Å². The van der Waals surface area contributed by atoms with E-state index in [0.29, 0.717) is 4.88 Å². The van der Waals surface area contributed by atoms with Crippen LogP contribution in [0.1, 0.15) is 41.6 Å². The fourth-order valence-corrected chi connectivity index (χ4v) is 3.36. The quantitative estimate of drug-likeness (QED) is 0.847. The van der Waals surface area contributed by atoms with E-state index in [1.165, 1.54) is 18.4 Å². The normalized spacial score (nSPS) is 17.8. The number of nitrogens with one attached hydrogen (secondary N) is 1. The molecule has 0 bridgehead atoms. The predicted octanol–water partition coefficient (Wildman–Crippen LogP) is 2.86. The molecule has 0 radical (unpaired) electrons. The van der Waals surface area contributed by atoms with E-state index in [-0.39, 0.29) is 11.4 Å². The van der Waals surface area contributed by atoms with Crippen LogP contribution in [-0.2, 0) is 9.47 Å². The minimum Gasteiger partial charge on any atom is -0.465 e.